The average molecular weight is 846 g/mol. The maximum atomic E-state index is 11.8. The Labute approximate surface area is 325 Å². The number of benzene rings is 4. The van der Waals surface area contributed by atoms with Crippen LogP contribution in [0.3, 0.4) is 0 Å². The molecule has 0 aliphatic rings. The SMILES string of the molecule is O=C(/C=C(\[O-])C(F)(F)F)c1ccccc1.O=C(/C=C(\[O-])C(F)(F)F)c1ccccc1.[Cu+2].[Cu+2].[O-]c1cccc2cccnc12.[O-]c1cccc2cccnc12. The number of nitrogens with zero attached hydrogens (tertiary/aromatic N) is 2. The predicted octanol–water partition coefficient (Wildman–Crippen LogP) is 5.96. The van der Waals surface area contributed by atoms with Crippen molar-refractivity contribution in [3.63, 3.8) is 0 Å². The molecule has 8 nitrogen and oxygen atoms in total. The van der Waals surface area contributed by atoms with Gasteiger partial charge in [0.25, 0.3) is 0 Å². The summed E-state index contributed by atoms with van der Waals surface area (Å²) in [5.74, 6) is -6.20. The zero-order valence-corrected chi connectivity index (χ0v) is 29.0. The normalized spacial score (nSPS) is 11.1. The Morgan fingerprint density at radius 3 is 1.09 bits per heavy atom. The van der Waals surface area contributed by atoms with Gasteiger partial charge in [-0.15, -0.1) is 0 Å². The van der Waals surface area contributed by atoms with Crippen molar-refractivity contribution in [2.45, 2.75) is 12.4 Å². The molecule has 54 heavy (non-hydrogen) atoms. The van der Waals surface area contributed by atoms with E-state index in [1.54, 1.807) is 36.7 Å². The number of rotatable bonds is 4. The van der Waals surface area contributed by atoms with Gasteiger partial charge in [0, 0.05) is 23.5 Å². The molecule has 6 rings (SSSR count). The second-order valence-corrected chi connectivity index (χ2v) is 10.1. The second kappa shape index (κ2) is 21.8. The Morgan fingerprint density at radius 1 is 0.481 bits per heavy atom. The molecule has 0 saturated carbocycles. The van der Waals surface area contributed by atoms with Crippen molar-refractivity contribution in [1.29, 1.82) is 0 Å². The first-order valence-electron chi connectivity index (χ1n) is 14.7. The Hall–Kier alpha value is -5.66. The minimum Gasteiger partial charge on any atom is -0.871 e. The first-order chi connectivity index (χ1) is 24.6. The summed E-state index contributed by atoms with van der Waals surface area (Å²) in [7, 11) is 0. The van der Waals surface area contributed by atoms with Gasteiger partial charge in [0.15, 0.2) is 11.6 Å². The summed E-state index contributed by atoms with van der Waals surface area (Å²) in [5, 5.41) is 44.9. The summed E-state index contributed by atoms with van der Waals surface area (Å²) in [6.45, 7) is 0. The quantitative estimate of drug-likeness (QED) is 0.0693. The molecule has 0 bridgehead atoms. The molecule has 0 amide bonds. The monoisotopic (exact) mass is 844 g/mol. The summed E-state index contributed by atoms with van der Waals surface area (Å²) in [5.41, 5.74) is 1.20. The van der Waals surface area contributed by atoms with E-state index < -0.39 is 35.4 Å². The number of fused-ring (bicyclic) bond motifs is 2. The van der Waals surface area contributed by atoms with Crippen molar-refractivity contribution in [2.24, 2.45) is 0 Å². The van der Waals surface area contributed by atoms with Crippen LogP contribution in [0.25, 0.3) is 21.8 Å². The Bertz CT molecular complexity index is 2000. The molecule has 2 radical (unpaired) electrons. The van der Waals surface area contributed by atoms with E-state index >= 15 is 0 Å². The predicted molar refractivity (Wildman–Crippen MR) is 172 cm³/mol. The zero-order valence-electron chi connectivity index (χ0n) is 27.1. The third-order valence-corrected chi connectivity index (χ3v) is 6.39. The number of pyridine rings is 2. The zero-order chi connectivity index (χ0) is 38.3. The number of carbonyl (C=O) groups excluding carboxylic acids is 2. The van der Waals surface area contributed by atoms with Crippen LogP contribution in [0, 0.1) is 0 Å². The number of carbonyl (C=O) groups is 2. The van der Waals surface area contributed by atoms with Gasteiger partial charge in [0.05, 0.1) is 11.0 Å². The van der Waals surface area contributed by atoms with Gasteiger partial charge in [-0.2, -0.15) is 26.3 Å². The summed E-state index contributed by atoms with van der Waals surface area (Å²) >= 11 is 0. The molecule has 4 aromatic carbocycles. The molecule has 16 heteroatoms. The van der Waals surface area contributed by atoms with E-state index in [-0.39, 0.29) is 68.9 Å². The number of halogens is 6. The van der Waals surface area contributed by atoms with E-state index in [2.05, 4.69) is 9.97 Å². The van der Waals surface area contributed by atoms with Crippen molar-refractivity contribution >= 4 is 33.4 Å². The van der Waals surface area contributed by atoms with Gasteiger partial charge in [0.2, 0.25) is 0 Å². The van der Waals surface area contributed by atoms with E-state index in [0.29, 0.717) is 11.0 Å². The molecule has 0 N–H and O–H groups in total. The Balaban J connectivity index is 0.000000358. The van der Waals surface area contributed by atoms with E-state index in [1.165, 1.54) is 60.7 Å². The number of allylic oxidation sites excluding steroid dienone is 4. The molecular formula is C38H24Cu2F6N2O6. The smallest absolute Gasteiger partial charge is 0.871 e. The molecule has 0 fully saturated rings. The number of aromatic nitrogens is 2. The molecule has 2 heterocycles. The minimum absolute atomic E-state index is 0. The molecule has 0 saturated heterocycles. The summed E-state index contributed by atoms with van der Waals surface area (Å²) in [4.78, 5) is 30.2. The van der Waals surface area contributed by atoms with Crippen LogP contribution in [0.4, 0.5) is 26.3 Å². The maximum Gasteiger partial charge on any atom is 2.00 e. The van der Waals surface area contributed by atoms with E-state index in [0.717, 1.165) is 10.8 Å². The number of ketones is 2. The van der Waals surface area contributed by atoms with Gasteiger partial charge in [-0.05, 0) is 46.6 Å². The molecule has 286 valence electrons. The number of alkyl halides is 6. The van der Waals surface area contributed by atoms with Gasteiger partial charge in [-0.25, -0.2) is 0 Å². The Kier molecular flexibility index (Phi) is 18.7. The van der Waals surface area contributed by atoms with Crippen molar-refractivity contribution in [3.8, 4) is 11.5 Å². The fourth-order valence-corrected chi connectivity index (χ4v) is 3.93. The van der Waals surface area contributed by atoms with Crippen molar-refractivity contribution in [2.75, 3.05) is 0 Å². The van der Waals surface area contributed by atoms with Gasteiger partial charge in [-0.3, -0.25) is 19.6 Å². The molecule has 0 aliphatic carbocycles. The van der Waals surface area contributed by atoms with Gasteiger partial charge < -0.3 is 20.4 Å². The third-order valence-electron chi connectivity index (χ3n) is 6.39. The number of para-hydroxylation sites is 2. The summed E-state index contributed by atoms with van der Waals surface area (Å²) in [6, 6.07) is 32.3. The van der Waals surface area contributed by atoms with Gasteiger partial charge in [-0.1, -0.05) is 121 Å². The van der Waals surface area contributed by atoms with Crippen LogP contribution in [-0.4, -0.2) is 33.9 Å². The van der Waals surface area contributed by atoms with Crippen LogP contribution < -0.4 is 20.4 Å². The van der Waals surface area contributed by atoms with Crippen molar-refractivity contribution in [3.05, 3.63) is 169 Å². The van der Waals surface area contributed by atoms with Crippen LogP contribution >= 0.6 is 0 Å². The fraction of sp³-hybridized carbons (Fsp3) is 0.0526. The molecule has 6 aromatic rings. The number of hydrogen-bond acceptors (Lipinski definition) is 8. The third kappa shape index (κ3) is 14.8. The van der Waals surface area contributed by atoms with E-state index in [4.69, 9.17) is 0 Å². The average Bonchev–Trinajstić information content (AvgIpc) is 3.13. The Morgan fingerprint density at radius 2 is 0.796 bits per heavy atom. The molecule has 2 aromatic heterocycles. The summed E-state index contributed by atoms with van der Waals surface area (Å²) < 4.78 is 70.8. The van der Waals surface area contributed by atoms with Crippen LogP contribution in [0.2, 0.25) is 0 Å². The van der Waals surface area contributed by atoms with Crippen LogP contribution in [0.5, 0.6) is 11.5 Å². The van der Waals surface area contributed by atoms with Crippen molar-refractivity contribution < 1.29 is 90.5 Å². The van der Waals surface area contributed by atoms with E-state index in [1.807, 2.05) is 36.4 Å². The largest absolute Gasteiger partial charge is 2.00 e. The van der Waals surface area contributed by atoms with Crippen LogP contribution in [0.15, 0.2) is 157 Å². The molecule has 0 aliphatic heterocycles. The topological polar surface area (TPSA) is 152 Å². The first kappa shape index (κ1) is 46.4. The number of hydrogen-bond donors (Lipinski definition) is 0. The van der Waals surface area contributed by atoms with Gasteiger partial charge >= 0.3 is 46.5 Å². The minimum atomic E-state index is -5.00. The summed E-state index contributed by atoms with van der Waals surface area (Å²) in [6.07, 6.45) is -6.63. The molecular weight excluding hydrogens is 822 g/mol. The van der Waals surface area contributed by atoms with E-state index in [9.17, 15) is 56.4 Å². The van der Waals surface area contributed by atoms with Crippen LogP contribution in [0.1, 0.15) is 20.7 Å². The van der Waals surface area contributed by atoms with Crippen molar-refractivity contribution in [1.82, 2.24) is 9.97 Å². The maximum absolute atomic E-state index is 11.8. The first-order valence-corrected chi connectivity index (χ1v) is 14.7. The standard InChI is InChI=1S/2C10H7F3O2.2C9H7NO.2Cu/c2*11-10(12,13)9(15)6-8(14)7-4-2-1-3-5-7;2*11-8-5-1-3-7-4-2-6-10-9(7)8;;/h2*1-6,15H;2*1-6,11H;;/q;;;;2*+2/p-4/b2*9-6-;;;;. The van der Waals surface area contributed by atoms with Gasteiger partial charge in [0.1, 0.15) is 0 Å². The fourth-order valence-electron chi connectivity index (χ4n) is 3.93. The molecule has 0 spiro atoms. The molecule has 0 unspecified atom stereocenters. The van der Waals surface area contributed by atoms with Crippen LogP contribution in [-0.2, 0) is 34.1 Å². The second-order valence-electron chi connectivity index (χ2n) is 10.1. The molecule has 0 atom stereocenters.